The first-order valence-electron chi connectivity index (χ1n) is 13.0. The van der Waals surface area contributed by atoms with E-state index in [1.807, 2.05) is 18.2 Å². The Balaban J connectivity index is 1.45. The van der Waals surface area contributed by atoms with E-state index < -0.39 is 8.32 Å². The molecule has 1 aromatic carbocycles. The lowest BCUT2D eigenvalue weighted by molar-refractivity contribution is 0.272. The van der Waals surface area contributed by atoms with E-state index in [9.17, 15) is 4.39 Å². The van der Waals surface area contributed by atoms with Gasteiger partial charge in [-0.15, -0.1) is 5.10 Å². The molecule has 0 amide bonds. The Bertz CT molecular complexity index is 1450. The molecule has 200 valence electrons. The predicted molar refractivity (Wildman–Crippen MR) is 148 cm³/mol. The maximum absolute atomic E-state index is 14.2. The van der Waals surface area contributed by atoms with Gasteiger partial charge in [0, 0.05) is 18.3 Å². The van der Waals surface area contributed by atoms with Crippen LogP contribution in [0.5, 0.6) is 5.75 Å². The number of aromatic nitrogens is 5. The third-order valence-corrected chi connectivity index (χ3v) is 12.3. The SMILES string of the molecule is COc1ccc(F)cc1[C@H]1CCCN1c1ccc2ncc(-c3nccc(CO[Si](C)(C)C(C)(C)C)n3)n2n1. The van der Waals surface area contributed by atoms with E-state index in [4.69, 9.17) is 19.2 Å². The Morgan fingerprint density at radius 3 is 2.68 bits per heavy atom. The standard InChI is InChI=1S/C28H35FN6O2Si/c1-28(2,3)38(5,6)37-18-20-13-14-30-27(32-20)23-17-31-25-11-12-26(33-35(23)25)34-15-7-8-22(34)21-16-19(29)9-10-24(21)36-4/h9-14,16-17,22H,7-8,15,18H2,1-6H3/t22-/m1/s1. The number of hydrogen-bond acceptors (Lipinski definition) is 7. The second-order valence-corrected chi connectivity index (χ2v) is 16.1. The Morgan fingerprint density at radius 2 is 1.92 bits per heavy atom. The maximum Gasteiger partial charge on any atom is 0.192 e. The van der Waals surface area contributed by atoms with Crippen molar-refractivity contribution in [2.24, 2.45) is 0 Å². The van der Waals surface area contributed by atoms with Crippen molar-refractivity contribution in [2.45, 2.75) is 64.4 Å². The van der Waals surface area contributed by atoms with Crippen LogP contribution in [-0.4, -0.2) is 46.5 Å². The molecular formula is C28H35FN6O2Si. The molecule has 1 fully saturated rings. The van der Waals surface area contributed by atoms with Gasteiger partial charge in [-0.2, -0.15) is 0 Å². The lowest BCUT2D eigenvalue weighted by atomic mass is 10.0. The molecule has 4 heterocycles. The number of nitrogens with zero attached hydrogens (tertiary/aromatic N) is 6. The lowest BCUT2D eigenvalue weighted by Crippen LogP contribution is -2.40. The number of anilines is 1. The summed E-state index contributed by atoms with van der Waals surface area (Å²) in [6.45, 7) is 12.4. The summed E-state index contributed by atoms with van der Waals surface area (Å²) in [5.74, 6) is 1.73. The van der Waals surface area contributed by atoms with E-state index in [0.717, 1.165) is 36.5 Å². The molecule has 0 saturated carbocycles. The highest BCUT2D eigenvalue weighted by Crippen LogP contribution is 2.40. The molecule has 1 saturated heterocycles. The normalized spacial score (nSPS) is 16.4. The molecule has 1 atom stereocenters. The van der Waals surface area contributed by atoms with Gasteiger partial charge < -0.3 is 14.1 Å². The van der Waals surface area contributed by atoms with Gasteiger partial charge in [0.05, 0.1) is 31.6 Å². The van der Waals surface area contributed by atoms with Crippen molar-refractivity contribution in [1.82, 2.24) is 24.6 Å². The van der Waals surface area contributed by atoms with Crippen molar-refractivity contribution >= 4 is 19.8 Å². The van der Waals surface area contributed by atoms with Gasteiger partial charge in [0.25, 0.3) is 0 Å². The Labute approximate surface area is 224 Å². The molecule has 0 spiro atoms. The van der Waals surface area contributed by atoms with Crippen LogP contribution in [0.3, 0.4) is 0 Å². The second-order valence-electron chi connectivity index (χ2n) is 11.3. The fourth-order valence-electron chi connectivity index (χ4n) is 4.57. The van der Waals surface area contributed by atoms with Gasteiger partial charge in [0.1, 0.15) is 23.1 Å². The number of hydrogen-bond donors (Lipinski definition) is 0. The van der Waals surface area contributed by atoms with Gasteiger partial charge in [0.15, 0.2) is 19.8 Å². The summed E-state index contributed by atoms with van der Waals surface area (Å²) >= 11 is 0. The minimum absolute atomic E-state index is 0.0374. The number of halogens is 1. The minimum atomic E-state index is -1.91. The highest BCUT2D eigenvalue weighted by atomic mass is 28.4. The summed E-state index contributed by atoms with van der Waals surface area (Å²) < 4.78 is 27.9. The summed E-state index contributed by atoms with van der Waals surface area (Å²) in [4.78, 5) is 16.0. The van der Waals surface area contributed by atoms with E-state index in [1.165, 1.54) is 6.07 Å². The quantitative estimate of drug-likeness (QED) is 0.261. The molecule has 0 radical (unpaired) electrons. The van der Waals surface area contributed by atoms with Crippen LogP contribution in [0, 0.1) is 5.82 Å². The third kappa shape index (κ3) is 5.02. The van der Waals surface area contributed by atoms with Crippen molar-refractivity contribution in [3.05, 3.63) is 65.9 Å². The van der Waals surface area contributed by atoms with Crippen LogP contribution in [0.15, 0.2) is 48.8 Å². The third-order valence-electron chi connectivity index (χ3n) is 7.78. The molecule has 0 N–H and O–H groups in total. The molecule has 0 bridgehead atoms. The number of ether oxygens (including phenoxy) is 1. The van der Waals surface area contributed by atoms with Crippen LogP contribution in [0.25, 0.3) is 17.2 Å². The number of benzene rings is 1. The zero-order chi connectivity index (χ0) is 27.1. The smallest absolute Gasteiger partial charge is 0.192 e. The second kappa shape index (κ2) is 10.1. The van der Waals surface area contributed by atoms with Crippen molar-refractivity contribution in [2.75, 3.05) is 18.6 Å². The first-order chi connectivity index (χ1) is 18.1. The zero-order valence-electron chi connectivity index (χ0n) is 22.9. The highest BCUT2D eigenvalue weighted by Gasteiger charge is 2.37. The number of imidazole rings is 1. The van der Waals surface area contributed by atoms with Gasteiger partial charge >= 0.3 is 0 Å². The van der Waals surface area contributed by atoms with Gasteiger partial charge in [-0.3, -0.25) is 0 Å². The highest BCUT2D eigenvalue weighted by molar-refractivity contribution is 6.74. The van der Waals surface area contributed by atoms with E-state index in [0.29, 0.717) is 29.5 Å². The van der Waals surface area contributed by atoms with E-state index in [-0.39, 0.29) is 16.9 Å². The predicted octanol–water partition coefficient (Wildman–Crippen LogP) is 6.20. The van der Waals surface area contributed by atoms with Crippen LogP contribution in [0.4, 0.5) is 10.2 Å². The molecule has 0 unspecified atom stereocenters. The average Bonchev–Trinajstić information content (AvgIpc) is 3.54. The van der Waals surface area contributed by atoms with Crippen molar-refractivity contribution < 1.29 is 13.6 Å². The zero-order valence-corrected chi connectivity index (χ0v) is 23.9. The maximum atomic E-state index is 14.2. The number of methoxy groups -OCH3 is 1. The molecule has 1 aliphatic rings. The van der Waals surface area contributed by atoms with Crippen molar-refractivity contribution in [3.8, 4) is 17.3 Å². The van der Waals surface area contributed by atoms with Gasteiger partial charge in [-0.25, -0.2) is 23.9 Å². The topological polar surface area (TPSA) is 77.7 Å². The van der Waals surface area contributed by atoms with E-state index >= 15 is 0 Å². The molecule has 0 aliphatic carbocycles. The fourth-order valence-corrected chi connectivity index (χ4v) is 5.51. The van der Waals surface area contributed by atoms with Crippen LogP contribution < -0.4 is 9.64 Å². The summed E-state index contributed by atoms with van der Waals surface area (Å²) in [5, 5.41) is 5.05. The lowest BCUT2D eigenvalue weighted by Gasteiger charge is -2.36. The molecule has 8 nitrogen and oxygen atoms in total. The fraction of sp³-hybridized carbons (Fsp3) is 0.429. The Hall–Kier alpha value is -3.37. The number of rotatable bonds is 7. The van der Waals surface area contributed by atoms with E-state index in [1.54, 1.807) is 36.2 Å². The van der Waals surface area contributed by atoms with Gasteiger partial charge in [-0.05, 0) is 67.4 Å². The van der Waals surface area contributed by atoms with Crippen LogP contribution in [-0.2, 0) is 11.0 Å². The molecular weight excluding hydrogens is 499 g/mol. The van der Waals surface area contributed by atoms with Crippen LogP contribution in [0.1, 0.15) is 50.9 Å². The van der Waals surface area contributed by atoms with E-state index in [2.05, 4.69) is 48.7 Å². The minimum Gasteiger partial charge on any atom is -0.496 e. The molecule has 38 heavy (non-hydrogen) atoms. The van der Waals surface area contributed by atoms with Gasteiger partial charge in [-0.1, -0.05) is 20.8 Å². The summed E-state index contributed by atoms with van der Waals surface area (Å²) in [7, 11) is -0.296. The number of fused-ring (bicyclic) bond motifs is 1. The molecule has 4 aromatic rings. The van der Waals surface area contributed by atoms with Crippen molar-refractivity contribution in [1.29, 1.82) is 0 Å². The first-order valence-corrected chi connectivity index (χ1v) is 15.9. The van der Waals surface area contributed by atoms with Crippen LogP contribution in [0.2, 0.25) is 18.1 Å². The molecule has 3 aromatic heterocycles. The summed E-state index contributed by atoms with van der Waals surface area (Å²) in [6.07, 6.45) is 5.36. The Kier molecular flexibility index (Phi) is 6.95. The van der Waals surface area contributed by atoms with Crippen molar-refractivity contribution in [3.63, 3.8) is 0 Å². The molecule has 1 aliphatic heterocycles. The molecule has 10 heteroatoms. The Morgan fingerprint density at radius 1 is 1.11 bits per heavy atom. The summed E-state index contributed by atoms with van der Waals surface area (Å²) in [5.41, 5.74) is 3.06. The monoisotopic (exact) mass is 534 g/mol. The van der Waals surface area contributed by atoms with Crippen LogP contribution >= 0.6 is 0 Å². The van der Waals surface area contributed by atoms with Gasteiger partial charge in [0.2, 0.25) is 0 Å². The molecule has 5 rings (SSSR count). The summed E-state index contributed by atoms with van der Waals surface area (Å²) in [6, 6.07) is 10.4. The largest absolute Gasteiger partial charge is 0.496 e. The average molecular weight is 535 g/mol. The first kappa shape index (κ1) is 26.2.